The van der Waals surface area contributed by atoms with E-state index in [0.717, 1.165) is 16.6 Å². The highest BCUT2D eigenvalue weighted by Crippen LogP contribution is 2.39. The van der Waals surface area contributed by atoms with Crippen molar-refractivity contribution in [2.45, 2.75) is 13.0 Å². The molecule has 1 amide bonds. The van der Waals surface area contributed by atoms with Crippen molar-refractivity contribution in [2.75, 3.05) is 10.6 Å². The van der Waals surface area contributed by atoms with Crippen LogP contribution in [0, 0.1) is 11.6 Å². The van der Waals surface area contributed by atoms with E-state index in [1.807, 2.05) is 28.8 Å². The summed E-state index contributed by atoms with van der Waals surface area (Å²) < 4.78 is 28.8. The summed E-state index contributed by atoms with van der Waals surface area (Å²) in [7, 11) is 0. The number of nitrogens with zero attached hydrogens (tertiary/aromatic N) is 2. The van der Waals surface area contributed by atoms with Gasteiger partial charge >= 0.3 is 0 Å². The molecule has 2 heterocycles. The number of allylic oxidation sites excluding steroid dienone is 1. The Bertz CT molecular complexity index is 1320. The van der Waals surface area contributed by atoms with E-state index in [-0.39, 0.29) is 17.5 Å². The van der Waals surface area contributed by atoms with Gasteiger partial charge in [-0.15, -0.1) is 0 Å². The molecule has 3 aromatic carbocycles. The fourth-order valence-corrected chi connectivity index (χ4v) is 3.95. The second-order valence-corrected chi connectivity index (χ2v) is 7.37. The van der Waals surface area contributed by atoms with Gasteiger partial charge in [0.25, 0.3) is 5.91 Å². The minimum Gasteiger partial charge on any atom is -0.329 e. The van der Waals surface area contributed by atoms with Crippen LogP contribution in [0.5, 0.6) is 0 Å². The van der Waals surface area contributed by atoms with E-state index in [0.29, 0.717) is 22.9 Å². The number of hydrogen-bond acceptors (Lipinski definition) is 3. The summed E-state index contributed by atoms with van der Waals surface area (Å²) in [6.07, 6.45) is 0. The van der Waals surface area contributed by atoms with Crippen molar-refractivity contribution in [3.05, 3.63) is 101 Å². The van der Waals surface area contributed by atoms with E-state index in [1.54, 1.807) is 19.1 Å². The Balaban J connectivity index is 1.65. The van der Waals surface area contributed by atoms with Gasteiger partial charge in [0.2, 0.25) is 5.95 Å². The fourth-order valence-electron chi connectivity index (χ4n) is 3.95. The Morgan fingerprint density at radius 3 is 2.32 bits per heavy atom. The Hall–Kier alpha value is -4.00. The van der Waals surface area contributed by atoms with E-state index >= 15 is 0 Å². The van der Waals surface area contributed by atoms with Gasteiger partial charge in [0.1, 0.15) is 11.6 Å². The summed E-state index contributed by atoms with van der Waals surface area (Å²) in [5, 5.41) is 6.06. The average molecular weight is 416 g/mol. The molecular weight excluding hydrogens is 398 g/mol. The molecule has 1 aliphatic rings. The molecule has 5 rings (SSSR count). The van der Waals surface area contributed by atoms with Crippen LogP contribution in [0.4, 0.5) is 20.4 Å². The maximum absolute atomic E-state index is 13.6. The van der Waals surface area contributed by atoms with Gasteiger partial charge in [-0.05, 0) is 61.0 Å². The third kappa shape index (κ3) is 3.34. The smallest absolute Gasteiger partial charge is 0.255 e. The molecule has 2 N–H and O–H groups in total. The highest BCUT2D eigenvalue weighted by atomic mass is 19.1. The summed E-state index contributed by atoms with van der Waals surface area (Å²) in [5.74, 6) is -0.474. The normalized spacial score (nSPS) is 15.5. The molecule has 154 valence electrons. The second kappa shape index (κ2) is 7.36. The predicted molar refractivity (Wildman–Crippen MR) is 116 cm³/mol. The van der Waals surface area contributed by atoms with Crippen LogP contribution in [-0.4, -0.2) is 15.5 Å². The lowest BCUT2D eigenvalue weighted by Gasteiger charge is -2.30. The molecule has 1 aromatic heterocycles. The zero-order valence-corrected chi connectivity index (χ0v) is 16.6. The number of hydrogen-bond donors (Lipinski definition) is 2. The number of imidazole rings is 1. The molecule has 5 nitrogen and oxygen atoms in total. The third-order valence-corrected chi connectivity index (χ3v) is 5.36. The molecule has 0 unspecified atom stereocenters. The number of aromatic nitrogens is 2. The van der Waals surface area contributed by atoms with Crippen LogP contribution < -0.4 is 10.6 Å². The number of carbonyl (C=O) groups excluding carboxylic acids is 1. The van der Waals surface area contributed by atoms with Crippen molar-refractivity contribution in [3.8, 4) is 0 Å². The second-order valence-electron chi connectivity index (χ2n) is 7.37. The molecule has 0 saturated carbocycles. The number of benzene rings is 3. The monoisotopic (exact) mass is 416 g/mol. The average Bonchev–Trinajstić information content (AvgIpc) is 3.13. The number of carbonyl (C=O) groups is 1. The summed E-state index contributed by atoms with van der Waals surface area (Å²) in [6, 6.07) is 18.8. The summed E-state index contributed by atoms with van der Waals surface area (Å²) >= 11 is 0. The minimum atomic E-state index is -0.523. The number of halogens is 2. The zero-order chi connectivity index (χ0) is 21.5. The van der Waals surface area contributed by atoms with E-state index in [1.165, 1.54) is 36.4 Å². The third-order valence-electron chi connectivity index (χ3n) is 5.36. The highest BCUT2D eigenvalue weighted by Gasteiger charge is 2.34. The van der Waals surface area contributed by atoms with Gasteiger partial charge in [0, 0.05) is 11.4 Å². The lowest BCUT2D eigenvalue weighted by Crippen LogP contribution is -2.30. The Morgan fingerprint density at radius 2 is 1.61 bits per heavy atom. The number of amides is 1. The first-order valence-corrected chi connectivity index (χ1v) is 9.78. The summed E-state index contributed by atoms with van der Waals surface area (Å²) in [5.41, 5.74) is 3.95. The first-order valence-electron chi connectivity index (χ1n) is 9.78. The lowest BCUT2D eigenvalue weighted by molar-refractivity contribution is -0.113. The maximum atomic E-state index is 13.6. The van der Waals surface area contributed by atoms with E-state index < -0.39 is 6.04 Å². The van der Waals surface area contributed by atoms with Crippen molar-refractivity contribution in [1.29, 1.82) is 0 Å². The van der Waals surface area contributed by atoms with Crippen molar-refractivity contribution in [2.24, 2.45) is 0 Å². The fraction of sp³-hybridized carbons (Fsp3) is 0.0833. The SMILES string of the molecule is CC1=C(C(=O)Nc2ccc(F)cc2)[C@H](c2ccc(F)cc2)n2c(nc3ccccc32)N1. The van der Waals surface area contributed by atoms with Crippen LogP contribution in [0.25, 0.3) is 11.0 Å². The topological polar surface area (TPSA) is 59.0 Å². The van der Waals surface area contributed by atoms with Gasteiger partial charge in [-0.1, -0.05) is 24.3 Å². The van der Waals surface area contributed by atoms with Gasteiger partial charge in [-0.3, -0.25) is 9.36 Å². The molecule has 0 bridgehead atoms. The molecule has 1 atom stereocenters. The molecule has 4 aromatic rings. The highest BCUT2D eigenvalue weighted by molar-refractivity contribution is 6.06. The van der Waals surface area contributed by atoms with Crippen molar-refractivity contribution < 1.29 is 13.6 Å². The van der Waals surface area contributed by atoms with E-state index in [2.05, 4.69) is 15.6 Å². The first kappa shape index (κ1) is 19.0. The quantitative estimate of drug-likeness (QED) is 0.480. The van der Waals surface area contributed by atoms with E-state index in [9.17, 15) is 13.6 Å². The maximum Gasteiger partial charge on any atom is 0.255 e. The van der Waals surface area contributed by atoms with Crippen LogP contribution in [0.3, 0.4) is 0 Å². The van der Waals surface area contributed by atoms with Crippen LogP contribution in [0.15, 0.2) is 84.1 Å². The standard InChI is InChI=1S/C24H18F2N4O/c1-14-21(23(31)28-18-12-10-17(26)11-13-18)22(15-6-8-16(25)9-7-15)30-20-5-3-2-4-19(20)29-24(30)27-14/h2-13,22H,1H3,(H,27,29)(H,28,31)/t22-/m0/s1. The van der Waals surface area contributed by atoms with Gasteiger partial charge in [-0.2, -0.15) is 0 Å². The van der Waals surface area contributed by atoms with Crippen LogP contribution in [-0.2, 0) is 4.79 Å². The number of rotatable bonds is 3. The van der Waals surface area contributed by atoms with Crippen molar-refractivity contribution in [1.82, 2.24) is 9.55 Å². The minimum absolute atomic E-state index is 0.339. The van der Waals surface area contributed by atoms with Crippen LogP contribution in [0.1, 0.15) is 18.5 Å². The molecule has 0 saturated heterocycles. The molecule has 0 radical (unpaired) electrons. The molecule has 0 spiro atoms. The molecule has 7 heteroatoms. The van der Waals surface area contributed by atoms with E-state index in [4.69, 9.17) is 0 Å². The summed E-state index contributed by atoms with van der Waals surface area (Å²) in [6.45, 7) is 1.80. The first-order chi connectivity index (χ1) is 15.0. The van der Waals surface area contributed by atoms with Gasteiger partial charge < -0.3 is 10.6 Å². The molecule has 0 aliphatic carbocycles. The Morgan fingerprint density at radius 1 is 0.968 bits per heavy atom. The number of nitrogens with one attached hydrogen (secondary N) is 2. The zero-order valence-electron chi connectivity index (χ0n) is 16.6. The van der Waals surface area contributed by atoms with Gasteiger partial charge in [-0.25, -0.2) is 13.8 Å². The lowest BCUT2D eigenvalue weighted by atomic mass is 9.94. The number of fused-ring (bicyclic) bond motifs is 3. The van der Waals surface area contributed by atoms with Gasteiger partial charge in [0.15, 0.2) is 0 Å². The Labute approximate surface area is 177 Å². The van der Waals surface area contributed by atoms with Crippen LogP contribution >= 0.6 is 0 Å². The van der Waals surface area contributed by atoms with Crippen molar-refractivity contribution in [3.63, 3.8) is 0 Å². The molecule has 31 heavy (non-hydrogen) atoms. The number of anilines is 2. The predicted octanol–water partition coefficient (Wildman–Crippen LogP) is 5.24. The largest absolute Gasteiger partial charge is 0.329 e. The van der Waals surface area contributed by atoms with Crippen molar-refractivity contribution >= 4 is 28.6 Å². The van der Waals surface area contributed by atoms with Gasteiger partial charge in [0.05, 0.1) is 22.6 Å². The van der Waals surface area contributed by atoms with Crippen LogP contribution in [0.2, 0.25) is 0 Å². The Kier molecular flexibility index (Phi) is 4.51. The number of para-hydroxylation sites is 2. The molecule has 1 aliphatic heterocycles. The molecular formula is C24H18F2N4O. The molecule has 0 fully saturated rings. The summed E-state index contributed by atoms with van der Waals surface area (Å²) in [4.78, 5) is 18.0.